The van der Waals surface area contributed by atoms with Crippen molar-refractivity contribution in [2.24, 2.45) is 0 Å². The summed E-state index contributed by atoms with van der Waals surface area (Å²) in [7, 11) is 0. The molecule has 0 atom stereocenters. The lowest BCUT2D eigenvalue weighted by molar-refractivity contribution is 0.310. The maximum Gasteiger partial charge on any atom is 0.200 e. The minimum atomic E-state index is -0.868. The van der Waals surface area contributed by atoms with Crippen molar-refractivity contribution >= 4 is 0 Å². The van der Waals surface area contributed by atoms with Crippen LogP contribution in [0.2, 0.25) is 0 Å². The largest absolute Gasteiger partial charge is 0.491 e. The monoisotopic (exact) mass is 416 g/mol. The summed E-state index contributed by atoms with van der Waals surface area (Å²) in [6.45, 7) is 1.68. The normalized spacial score (nSPS) is 19.3. The van der Waals surface area contributed by atoms with Gasteiger partial charge in [0, 0.05) is 0 Å². The summed E-state index contributed by atoms with van der Waals surface area (Å²) in [6, 6.07) is 12.0. The zero-order chi connectivity index (χ0) is 21.3. The molecule has 0 aliphatic heterocycles. The molecule has 1 saturated carbocycles. The zero-order valence-electron chi connectivity index (χ0n) is 17.7. The summed E-state index contributed by atoms with van der Waals surface area (Å²) in [5, 5.41) is 0. The van der Waals surface area contributed by atoms with Crippen molar-refractivity contribution in [2.75, 3.05) is 13.3 Å². The fourth-order valence-electron chi connectivity index (χ4n) is 4.43. The first kappa shape index (κ1) is 22.5. The van der Waals surface area contributed by atoms with Gasteiger partial charge in [-0.05, 0) is 86.5 Å². The van der Waals surface area contributed by atoms with Crippen LogP contribution in [0.1, 0.15) is 74.0 Å². The number of hydrogen-bond acceptors (Lipinski definition) is 1. The third-order valence-electron chi connectivity index (χ3n) is 6.09. The highest BCUT2D eigenvalue weighted by atomic mass is 19.2. The predicted molar refractivity (Wildman–Crippen MR) is 116 cm³/mol. The van der Waals surface area contributed by atoms with Gasteiger partial charge in [0.25, 0.3) is 0 Å². The lowest BCUT2D eigenvalue weighted by Crippen LogP contribution is -2.14. The van der Waals surface area contributed by atoms with Crippen LogP contribution >= 0.6 is 0 Å². The molecule has 4 heteroatoms. The van der Waals surface area contributed by atoms with Crippen molar-refractivity contribution in [3.05, 3.63) is 76.9 Å². The molecular formula is C26H31F3O. The van der Waals surface area contributed by atoms with Crippen molar-refractivity contribution in [2.45, 2.75) is 63.7 Å². The summed E-state index contributed by atoms with van der Waals surface area (Å²) in [5.41, 5.74) is 3.10. The first-order chi connectivity index (χ1) is 14.6. The Morgan fingerprint density at radius 3 is 2.27 bits per heavy atom. The molecule has 0 saturated heterocycles. The second-order valence-corrected chi connectivity index (χ2v) is 8.02. The van der Waals surface area contributed by atoms with Crippen molar-refractivity contribution in [3.8, 4) is 5.75 Å². The Kier molecular flexibility index (Phi) is 8.41. The molecule has 2 aromatic rings. The molecule has 1 aliphatic rings. The molecule has 0 spiro atoms. The average Bonchev–Trinajstić information content (AvgIpc) is 2.78. The number of allylic oxidation sites excluding steroid dienone is 2. The van der Waals surface area contributed by atoms with Crippen molar-refractivity contribution < 1.29 is 17.9 Å². The summed E-state index contributed by atoms with van der Waals surface area (Å²) < 4.78 is 45.9. The van der Waals surface area contributed by atoms with Crippen LogP contribution in [0.15, 0.2) is 48.6 Å². The molecule has 0 aromatic heterocycles. The molecule has 0 unspecified atom stereocenters. The van der Waals surface area contributed by atoms with Crippen LogP contribution < -0.4 is 4.74 Å². The van der Waals surface area contributed by atoms with Gasteiger partial charge >= 0.3 is 0 Å². The molecule has 1 fully saturated rings. The quantitative estimate of drug-likeness (QED) is 0.301. The highest BCUT2D eigenvalue weighted by molar-refractivity contribution is 5.34. The average molecular weight is 417 g/mol. The van der Waals surface area contributed by atoms with Crippen molar-refractivity contribution in [3.63, 3.8) is 0 Å². The van der Waals surface area contributed by atoms with Gasteiger partial charge in [0.2, 0.25) is 5.82 Å². The lowest BCUT2D eigenvalue weighted by atomic mass is 9.76. The van der Waals surface area contributed by atoms with E-state index in [2.05, 4.69) is 24.3 Å². The summed E-state index contributed by atoms with van der Waals surface area (Å²) in [5.74, 6) is -1.10. The third-order valence-corrected chi connectivity index (χ3v) is 6.09. The van der Waals surface area contributed by atoms with E-state index in [4.69, 9.17) is 4.74 Å². The molecule has 0 bridgehead atoms. The Bertz CT molecular complexity index is 821. The van der Waals surface area contributed by atoms with E-state index in [0.717, 1.165) is 44.9 Å². The minimum absolute atomic E-state index is 0.00837. The maximum absolute atomic E-state index is 14.5. The van der Waals surface area contributed by atoms with Crippen LogP contribution in [0.3, 0.4) is 0 Å². The molecule has 1 nitrogen and oxygen atoms in total. The number of rotatable bonds is 9. The Labute approximate surface area is 178 Å². The first-order valence-electron chi connectivity index (χ1n) is 11.0. The van der Waals surface area contributed by atoms with Crippen LogP contribution in [-0.4, -0.2) is 13.3 Å². The highest BCUT2D eigenvalue weighted by Crippen LogP contribution is 2.42. The van der Waals surface area contributed by atoms with Crippen LogP contribution in [0, 0.1) is 11.6 Å². The van der Waals surface area contributed by atoms with Crippen LogP contribution in [0.25, 0.3) is 0 Å². The number of halogens is 3. The number of ether oxygens (including phenoxy) is 1. The molecule has 3 rings (SSSR count). The van der Waals surface area contributed by atoms with E-state index in [9.17, 15) is 13.2 Å². The molecule has 0 radical (unpaired) electrons. The van der Waals surface area contributed by atoms with Crippen LogP contribution in [0.5, 0.6) is 5.75 Å². The summed E-state index contributed by atoms with van der Waals surface area (Å²) in [4.78, 5) is 0. The fourth-order valence-corrected chi connectivity index (χ4v) is 4.43. The van der Waals surface area contributed by atoms with Gasteiger partial charge in [-0.2, -0.15) is 4.39 Å². The minimum Gasteiger partial charge on any atom is -0.491 e. The first-order valence-corrected chi connectivity index (χ1v) is 11.0. The number of hydrogen-bond donors (Lipinski definition) is 0. The SMILES string of the molecule is CCOc1ccc(C2CCC(c3ccc(CCC/C=C/CF)cc3)CC2)c(F)c1F. The van der Waals surface area contributed by atoms with Gasteiger partial charge in [0.15, 0.2) is 11.6 Å². The van der Waals surface area contributed by atoms with Crippen molar-refractivity contribution in [1.82, 2.24) is 0 Å². The zero-order valence-corrected chi connectivity index (χ0v) is 17.7. The van der Waals surface area contributed by atoms with E-state index in [1.54, 1.807) is 25.1 Å². The molecule has 0 heterocycles. The molecule has 1 aliphatic carbocycles. The van der Waals surface area contributed by atoms with Crippen LogP contribution in [-0.2, 0) is 6.42 Å². The standard InChI is InChI=1S/C26H31F3O/c1-2-30-24-17-16-23(25(28)26(24)29)22-14-12-21(13-15-22)20-10-8-19(9-11-20)7-5-3-4-6-18-27/h4,6,8-11,16-17,21-22H,2-3,5,7,12-15,18H2,1H3/b6-4+. The molecule has 30 heavy (non-hydrogen) atoms. The Morgan fingerprint density at radius 2 is 1.60 bits per heavy atom. The predicted octanol–water partition coefficient (Wildman–Crippen LogP) is 7.65. The topological polar surface area (TPSA) is 9.23 Å². The van der Waals surface area contributed by atoms with Gasteiger partial charge in [0.1, 0.15) is 6.67 Å². The van der Waals surface area contributed by atoms with E-state index in [1.165, 1.54) is 11.1 Å². The van der Waals surface area contributed by atoms with E-state index < -0.39 is 18.3 Å². The fraction of sp³-hybridized carbons (Fsp3) is 0.462. The molecule has 0 N–H and O–H groups in total. The molecule has 162 valence electrons. The van der Waals surface area contributed by atoms with Gasteiger partial charge < -0.3 is 4.74 Å². The van der Waals surface area contributed by atoms with Gasteiger partial charge in [-0.1, -0.05) is 42.5 Å². The van der Waals surface area contributed by atoms with E-state index in [0.29, 0.717) is 18.1 Å². The maximum atomic E-state index is 14.5. The smallest absolute Gasteiger partial charge is 0.200 e. The number of benzene rings is 2. The Balaban J connectivity index is 1.54. The molecule has 2 aromatic carbocycles. The van der Waals surface area contributed by atoms with E-state index in [-0.39, 0.29) is 11.7 Å². The lowest BCUT2D eigenvalue weighted by Gasteiger charge is -2.29. The number of unbranched alkanes of at least 4 members (excludes halogenated alkanes) is 1. The summed E-state index contributed by atoms with van der Waals surface area (Å²) >= 11 is 0. The molecule has 0 amide bonds. The summed E-state index contributed by atoms with van der Waals surface area (Å²) in [6.07, 6.45) is 10.0. The van der Waals surface area contributed by atoms with Gasteiger partial charge in [0.05, 0.1) is 6.61 Å². The second kappa shape index (κ2) is 11.2. The van der Waals surface area contributed by atoms with E-state index >= 15 is 0 Å². The van der Waals surface area contributed by atoms with Gasteiger partial charge in [-0.15, -0.1) is 0 Å². The van der Waals surface area contributed by atoms with E-state index in [1.807, 2.05) is 6.08 Å². The number of aryl methyl sites for hydroxylation is 1. The third kappa shape index (κ3) is 5.68. The van der Waals surface area contributed by atoms with Crippen LogP contribution in [0.4, 0.5) is 13.2 Å². The second-order valence-electron chi connectivity index (χ2n) is 8.02. The molecular weight excluding hydrogens is 385 g/mol. The highest BCUT2D eigenvalue weighted by Gasteiger charge is 2.27. The van der Waals surface area contributed by atoms with Gasteiger partial charge in [-0.3, -0.25) is 0 Å². The Morgan fingerprint density at radius 1 is 0.900 bits per heavy atom. The number of alkyl halides is 1. The van der Waals surface area contributed by atoms with Gasteiger partial charge in [-0.25, -0.2) is 8.78 Å². The van der Waals surface area contributed by atoms with Crippen molar-refractivity contribution in [1.29, 1.82) is 0 Å². The Hall–Kier alpha value is -2.23.